The molecule has 7 nitrogen and oxygen atoms in total. The monoisotopic (exact) mass is 615 g/mol. The van der Waals surface area contributed by atoms with E-state index in [1.54, 1.807) is 26.0 Å². The molecule has 0 bridgehead atoms. The summed E-state index contributed by atoms with van der Waals surface area (Å²) in [5.74, 6) is -1.90. The number of amides is 1. The van der Waals surface area contributed by atoms with Crippen LogP contribution < -0.4 is 0 Å². The van der Waals surface area contributed by atoms with E-state index >= 15 is 0 Å². The molecule has 2 aromatic rings. The van der Waals surface area contributed by atoms with Crippen molar-refractivity contribution in [3.05, 3.63) is 50.8 Å². The second kappa shape index (κ2) is 11.6. The number of hydrogen-bond donors (Lipinski definition) is 1. The number of ketones is 1. The topological polar surface area (TPSA) is 92.5 Å². The molecule has 224 valence electrons. The highest BCUT2D eigenvalue weighted by Gasteiger charge is 2.47. The number of carboxylic acid groups (broad SMARTS) is 1. The zero-order chi connectivity index (χ0) is 30.4. The molecule has 1 amide bonds. The smallest absolute Gasteiger partial charge is 0.433 e. The molecule has 0 aliphatic heterocycles. The summed E-state index contributed by atoms with van der Waals surface area (Å²) in [5.41, 5.74) is -2.09. The first kappa shape index (κ1) is 31.3. The standard InChI is InChI=1S/C29H34Cl2F3N3O4/c1-15(2)17-11-19(12-17)36(14-23(38)24-21(30)9-16(3)10-22(24)31)26(39)20-13-35-37(25(20)29(32,33)34)18-5-7-28(4,8-6-18)27(40)41/h9-10,13,15,17-19H,5-8,11-12,14H2,1-4H3,(H,40,41)/t17-,18-,19+,28-. The first-order valence-corrected chi connectivity index (χ1v) is 14.5. The van der Waals surface area contributed by atoms with Crippen LogP contribution in [0.5, 0.6) is 0 Å². The Kier molecular flexibility index (Phi) is 8.86. The molecule has 2 aliphatic carbocycles. The van der Waals surface area contributed by atoms with Crippen LogP contribution in [0.1, 0.15) is 97.3 Å². The van der Waals surface area contributed by atoms with Crippen molar-refractivity contribution < 1.29 is 32.7 Å². The van der Waals surface area contributed by atoms with Gasteiger partial charge in [0.15, 0.2) is 11.5 Å². The lowest BCUT2D eigenvalue weighted by atomic mass is 9.72. The lowest BCUT2D eigenvalue weighted by molar-refractivity contribution is -0.152. The van der Waals surface area contributed by atoms with Crippen LogP contribution in [0.4, 0.5) is 13.2 Å². The highest BCUT2D eigenvalue weighted by molar-refractivity contribution is 6.40. The van der Waals surface area contributed by atoms with E-state index in [1.165, 1.54) is 4.90 Å². The fourth-order valence-corrected chi connectivity index (χ4v) is 6.73. The number of alkyl halides is 3. The Hall–Kier alpha value is -2.59. The summed E-state index contributed by atoms with van der Waals surface area (Å²) >= 11 is 12.6. The van der Waals surface area contributed by atoms with Gasteiger partial charge in [-0.05, 0) is 81.9 Å². The summed E-state index contributed by atoms with van der Waals surface area (Å²) in [4.78, 5) is 40.1. The summed E-state index contributed by atoms with van der Waals surface area (Å²) in [5, 5.41) is 13.7. The highest BCUT2D eigenvalue weighted by atomic mass is 35.5. The van der Waals surface area contributed by atoms with Gasteiger partial charge < -0.3 is 10.0 Å². The Balaban J connectivity index is 1.68. The molecule has 0 atom stereocenters. The molecule has 1 aromatic heterocycles. The second-order valence-corrected chi connectivity index (χ2v) is 12.8. The maximum absolute atomic E-state index is 14.5. The van der Waals surface area contributed by atoms with Crippen molar-refractivity contribution in [2.45, 2.75) is 84.5 Å². The molecule has 41 heavy (non-hydrogen) atoms. The second-order valence-electron chi connectivity index (χ2n) is 12.0. The number of aryl methyl sites for hydroxylation is 1. The molecule has 2 fully saturated rings. The lowest BCUT2D eigenvalue weighted by Crippen LogP contribution is -2.51. The van der Waals surface area contributed by atoms with Gasteiger partial charge in [0.2, 0.25) is 0 Å². The number of nitrogens with zero attached hydrogens (tertiary/aromatic N) is 3. The number of hydrogen-bond acceptors (Lipinski definition) is 4. The lowest BCUT2D eigenvalue weighted by Gasteiger charge is -2.44. The van der Waals surface area contributed by atoms with Gasteiger partial charge in [-0.3, -0.25) is 19.1 Å². The molecule has 0 radical (unpaired) electrons. The van der Waals surface area contributed by atoms with Crippen molar-refractivity contribution >= 4 is 40.9 Å². The summed E-state index contributed by atoms with van der Waals surface area (Å²) in [6, 6.07) is 1.99. The van der Waals surface area contributed by atoms with Crippen molar-refractivity contribution in [1.82, 2.24) is 14.7 Å². The molecule has 4 rings (SSSR count). The number of rotatable bonds is 8. The molecular weight excluding hydrogens is 582 g/mol. The number of halogens is 5. The Morgan fingerprint density at radius 2 is 1.71 bits per heavy atom. The van der Waals surface area contributed by atoms with E-state index in [-0.39, 0.29) is 47.2 Å². The number of aromatic nitrogens is 2. The van der Waals surface area contributed by atoms with Crippen LogP contribution in [0, 0.1) is 24.2 Å². The van der Waals surface area contributed by atoms with E-state index in [1.807, 2.05) is 13.8 Å². The largest absolute Gasteiger partial charge is 0.481 e. The molecule has 2 aliphatic rings. The summed E-state index contributed by atoms with van der Waals surface area (Å²) in [6.07, 6.45) is -2.17. The molecule has 0 spiro atoms. The van der Waals surface area contributed by atoms with Crippen LogP contribution in [0.15, 0.2) is 18.3 Å². The number of carboxylic acids is 1. The van der Waals surface area contributed by atoms with Crippen molar-refractivity contribution in [3.8, 4) is 0 Å². The molecule has 1 aromatic carbocycles. The number of benzene rings is 1. The van der Waals surface area contributed by atoms with Crippen molar-refractivity contribution in [3.63, 3.8) is 0 Å². The van der Waals surface area contributed by atoms with Crippen LogP contribution in [0.3, 0.4) is 0 Å². The molecule has 0 saturated heterocycles. The van der Waals surface area contributed by atoms with Crippen LogP contribution in [-0.2, 0) is 11.0 Å². The third kappa shape index (κ3) is 6.28. The van der Waals surface area contributed by atoms with Crippen LogP contribution in [0.25, 0.3) is 0 Å². The number of Topliss-reactive ketones (excluding diaryl/α,β-unsaturated/α-hetero) is 1. The molecule has 12 heteroatoms. The fourth-order valence-electron chi connectivity index (χ4n) is 5.93. The first-order valence-electron chi connectivity index (χ1n) is 13.7. The average Bonchev–Trinajstić information content (AvgIpc) is 3.27. The maximum atomic E-state index is 14.5. The van der Waals surface area contributed by atoms with Crippen molar-refractivity contribution in [1.29, 1.82) is 0 Å². The predicted molar refractivity (Wildman–Crippen MR) is 148 cm³/mol. The van der Waals surface area contributed by atoms with E-state index in [0.29, 0.717) is 18.8 Å². The number of aliphatic carboxylic acids is 1. The summed E-state index contributed by atoms with van der Waals surface area (Å²) in [7, 11) is 0. The number of carbonyl (C=O) groups is 3. The van der Waals surface area contributed by atoms with Gasteiger partial charge in [-0.2, -0.15) is 18.3 Å². The minimum absolute atomic E-state index is 0.0203. The van der Waals surface area contributed by atoms with E-state index in [9.17, 15) is 32.7 Å². The Labute approximate surface area is 247 Å². The summed E-state index contributed by atoms with van der Waals surface area (Å²) in [6.45, 7) is 6.93. The zero-order valence-electron chi connectivity index (χ0n) is 23.4. The van der Waals surface area contributed by atoms with Crippen molar-refractivity contribution in [2.75, 3.05) is 6.54 Å². The quantitative estimate of drug-likeness (QED) is 0.311. The highest BCUT2D eigenvalue weighted by Crippen LogP contribution is 2.44. The summed E-state index contributed by atoms with van der Waals surface area (Å²) < 4.78 is 44.3. The maximum Gasteiger partial charge on any atom is 0.433 e. The third-order valence-electron chi connectivity index (χ3n) is 8.79. The van der Waals surface area contributed by atoms with Gasteiger partial charge in [-0.1, -0.05) is 37.0 Å². The van der Waals surface area contributed by atoms with Gasteiger partial charge in [0.1, 0.15) is 0 Å². The zero-order valence-corrected chi connectivity index (χ0v) is 24.9. The van der Waals surface area contributed by atoms with E-state index < -0.39 is 59.1 Å². The van der Waals surface area contributed by atoms with E-state index in [0.717, 1.165) is 16.4 Å². The van der Waals surface area contributed by atoms with E-state index in [2.05, 4.69) is 5.10 Å². The van der Waals surface area contributed by atoms with Gasteiger partial charge in [0.25, 0.3) is 5.91 Å². The first-order chi connectivity index (χ1) is 19.0. The minimum Gasteiger partial charge on any atom is -0.481 e. The van der Waals surface area contributed by atoms with Crippen LogP contribution in [0.2, 0.25) is 10.0 Å². The van der Waals surface area contributed by atoms with Crippen LogP contribution in [-0.4, -0.2) is 50.0 Å². The van der Waals surface area contributed by atoms with Gasteiger partial charge in [0, 0.05) is 6.04 Å². The fraction of sp³-hybridized carbons (Fsp3) is 0.586. The van der Waals surface area contributed by atoms with Gasteiger partial charge >= 0.3 is 12.1 Å². The van der Waals surface area contributed by atoms with Crippen LogP contribution >= 0.6 is 23.2 Å². The number of carbonyl (C=O) groups excluding carboxylic acids is 2. The minimum atomic E-state index is -4.91. The van der Waals surface area contributed by atoms with Gasteiger partial charge in [-0.25, -0.2) is 0 Å². The molecule has 1 heterocycles. The molecule has 2 saturated carbocycles. The normalized spacial score (nSPS) is 24.7. The third-order valence-corrected chi connectivity index (χ3v) is 9.38. The van der Waals surface area contributed by atoms with Crippen molar-refractivity contribution in [2.24, 2.45) is 17.3 Å². The molecule has 1 N–H and O–H groups in total. The predicted octanol–water partition coefficient (Wildman–Crippen LogP) is 7.48. The molecular formula is C29H34Cl2F3N3O4. The Morgan fingerprint density at radius 1 is 1.15 bits per heavy atom. The Morgan fingerprint density at radius 3 is 2.20 bits per heavy atom. The van der Waals surface area contributed by atoms with Gasteiger partial charge in [-0.15, -0.1) is 0 Å². The van der Waals surface area contributed by atoms with Gasteiger partial charge in [0.05, 0.1) is 45.4 Å². The molecule has 0 unspecified atom stereocenters. The SMILES string of the molecule is Cc1cc(Cl)c(C(=O)CN(C(=O)c2cnn([C@H]3CC[C@](C)(C(=O)O)CC3)c2C(F)(F)F)[C@H]2C[C@@H](C(C)C)C2)c(Cl)c1. The Bertz CT molecular complexity index is 1320. The van der Waals surface area contributed by atoms with E-state index in [4.69, 9.17) is 23.2 Å². The average molecular weight is 617 g/mol.